The van der Waals surface area contributed by atoms with Crippen LogP contribution in [0, 0.1) is 0 Å². The second kappa shape index (κ2) is 4.84. The van der Waals surface area contributed by atoms with Gasteiger partial charge in [-0.25, -0.2) is 0 Å². The summed E-state index contributed by atoms with van der Waals surface area (Å²) in [6, 6.07) is 6.42. The molecule has 0 bridgehead atoms. The van der Waals surface area contributed by atoms with Crippen LogP contribution < -0.4 is 0 Å². The number of hydrogen-bond acceptors (Lipinski definition) is 2. The van der Waals surface area contributed by atoms with Crippen molar-refractivity contribution < 1.29 is 4.79 Å². The van der Waals surface area contributed by atoms with E-state index in [1.807, 2.05) is 13.0 Å². The minimum absolute atomic E-state index is 0.529. The van der Waals surface area contributed by atoms with Gasteiger partial charge in [0.25, 0.3) is 0 Å². The second-order valence-corrected chi connectivity index (χ2v) is 5.48. The molecule has 0 spiro atoms. The maximum atomic E-state index is 10.7. The molecule has 0 aliphatic rings. The van der Waals surface area contributed by atoms with Crippen LogP contribution in [0.25, 0.3) is 16.2 Å². The second-order valence-electron chi connectivity index (χ2n) is 4.57. The summed E-state index contributed by atoms with van der Waals surface area (Å²) in [6.07, 6.45) is 2.85. The standard InChI is InChI=1S/C15H16OS/c1-10(2)13-5-4-12(8-11(3)9-16)14-6-7-17-15(13)14/h4-10H,1-3H3/b11-8-. The molecular weight excluding hydrogens is 228 g/mol. The Kier molecular flexibility index (Phi) is 3.43. The Balaban J connectivity index is 2.65. The predicted molar refractivity (Wildman–Crippen MR) is 75.6 cm³/mol. The van der Waals surface area contributed by atoms with E-state index < -0.39 is 0 Å². The Morgan fingerprint density at radius 2 is 2.06 bits per heavy atom. The lowest BCUT2D eigenvalue weighted by molar-refractivity contribution is -0.104. The van der Waals surface area contributed by atoms with E-state index >= 15 is 0 Å². The van der Waals surface area contributed by atoms with Crippen molar-refractivity contribution in [1.29, 1.82) is 0 Å². The predicted octanol–water partition coefficient (Wildman–Crippen LogP) is 4.63. The van der Waals surface area contributed by atoms with Crippen molar-refractivity contribution >= 4 is 33.8 Å². The van der Waals surface area contributed by atoms with Gasteiger partial charge in [0.15, 0.2) is 0 Å². The Morgan fingerprint density at radius 3 is 2.71 bits per heavy atom. The van der Waals surface area contributed by atoms with Gasteiger partial charge in [-0.05, 0) is 52.5 Å². The van der Waals surface area contributed by atoms with Gasteiger partial charge in [-0.2, -0.15) is 0 Å². The lowest BCUT2D eigenvalue weighted by Gasteiger charge is -2.08. The molecule has 0 saturated carbocycles. The van der Waals surface area contributed by atoms with Crippen LogP contribution in [-0.2, 0) is 4.79 Å². The molecule has 0 amide bonds. The highest BCUT2D eigenvalue weighted by atomic mass is 32.1. The Bertz CT molecular complexity index is 576. The maximum absolute atomic E-state index is 10.7. The molecular formula is C15H16OS. The first-order valence-corrected chi connectivity index (χ1v) is 6.65. The Labute approximate surface area is 106 Å². The topological polar surface area (TPSA) is 17.1 Å². The van der Waals surface area contributed by atoms with Crippen LogP contribution in [-0.4, -0.2) is 6.29 Å². The van der Waals surface area contributed by atoms with Crippen LogP contribution in [0.2, 0.25) is 0 Å². The van der Waals surface area contributed by atoms with Gasteiger partial charge in [-0.15, -0.1) is 11.3 Å². The monoisotopic (exact) mass is 244 g/mol. The highest BCUT2D eigenvalue weighted by molar-refractivity contribution is 7.17. The third kappa shape index (κ3) is 2.32. The smallest absolute Gasteiger partial charge is 0.145 e. The van der Waals surface area contributed by atoms with Crippen LogP contribution >= 0.6 is 11.3 Å². The summed E-state index contributed by atoms with van der Waals surface area (Å²) in [5, 5.41) is 3.37. The van der Waals surface area contributed by atoms with E-state index in [9.17, 15) is 4.79 Å². The minimum Gasteiger partial charge on any atom is -0.298 e. The molecule has 0 aliphatic heterocycles. The first-order valence-electron chi connectivity index (χ1n) is 5.77. The highest BCUT2D eigenvalue weighted by Crippen LogP contribution is 2.33. The molecule has 0 saturated heterocycles. The number of fused-ring (bicyclic) bond motifs is 1. The zero-order chi connectivity index (χ0) is 12.4. The van der Waals surface area contributed by atoms with Crippen molar-refractivity contribution in [2.75, 3.05) is 0 Å². The first-order chi connectivity index (χ1) is 8.13. The third-order valence-corrected chi connectivity index (χ3v) is 3.84. The molecule has 88 valence electrons. The summed E-state index contributed by atoms with van der Waals surface area (Å²) in [5.74, 6) is 0.529. The number of carbonyl (C=O) groups excluding carboxylic acids is 1. The molecule has 0 radical (unpaired) electrons. The van der Waals surface area contributed by atoms with Crippen LogP contribution in [0.5, 0.6) is 0 Å². The average molecular weight is 244 g/mol. The van der Waals surface area contributed by atoms with E-state index in [0.29, 0.717) is 5.92 Å². The lowest BCUT2D eigenvalue weighted by atomic mass is 9.98. The Morgan fingerprint density at radius 1 is 1.29 bits per heavy atom. The number of rotatable bonds is 3. The summed E-state index contributed by atoms with van der Waals surface area (Å²) in [7, 11) is 0. The van der Waals surface area contributed by atoms with Gasteiger partial charge in [0, 0.05) is 4.70 Å². The number of allylic oxidation sites excluding steroid dienone is 1. The highest BCUT2D eigenvalue weighted by Gasteiger charge is 2.08. The van der Waals surface area contributed by atoms with Crippen molar-refractivity contribution in [3.63, 3.8) is 0 Å². The molecule has 0 N–H and O–H groups in total. The summed E-state index contributed by atoms with van der Waals surface area (Å²) in [6.45, 7) is 6.25. The van der Waals surface area contributed by atoms with E-state index in [1.54, 1.807) is 11.3 Å². The molecule has 2 heteroatoms. The van der Waals surface area contributed by atoms with Crippen molar-refractivity contribution in [3.05, 3.63) is 40.3 Å². The minimum atomic E-state index is 0.529. The van der Waals surface area contributed by atoms with Gasteiger partial charge >= 0.3 is 0 Å². The van der Waals surface area contributed by atoms with E-state index in [2.05, 4.69) is 37.4 Å². The van der Waals surface area contributed by atoms with Crippen molar-refractivity contribution in [1.82, 2.24) is 0 Å². The maximum Gasteiger partial charge on any atom is 0.145 e. The molecule has 2 aromatic rings. The summed E-state index contributed by atoms with van der Waals surface area (Å²) in [4.78, 5) is 10.7. The van der Waals surface area contributed by atoms with E-state index in [0.717, 1.165) is 17.4 Å². The molecule has 0 unspecified atom stereocenters. The molecule has 1 aromatic carbocycles. The fourth-order valence-corrected chi connectivity index (χ4v) is 3.06. The molecule has 17 heavy (non-hydrogen) atoms. The SMILES string of the molecule is C/C(C=O)=C/c1ccc(C(C)C)c2sccc12. The molecule has 1 nitrogen and oxygen atoms in total. The van der Waals surface area contributed by atoms with Crippen molar-refractivity contribution in [3.8, 4) is 0 Å². The molecule has 1 aromatic heterocycles. The van der Waals surface area contributed by atoms with Crippen LogP contribution in [0.3, 0.4) is 0 Å². The first kappa shape index (κ1) is 12.1. The summed E-state index contributed by atoms with van der Waals surface area (Å²) < 4.78 is 1.34. The zero-order valence-corrected chi connectivity index (χ0v) is 11.2. The van der Waals surface area contributed by atoms with Gasteiger partial charge in [0.05, 0.1) is 0 Å². The largest absolute Gasteiger partial charge is 0.298 e. The van der Waals surface area contributed by atoms with Crippen LogP contribution in [0.1, 0.15) is 37.8 Å². The van der Waals surface area contributed by atoms with Gasteiger partial charge < -0.3 is 0 Å². The fourth-order valence-electron chi connectivity index (χ4n) is 1.96. The van der Waals surface area contributed by atoms with Crippen LogP contribution in [0.4, 0.5) is 0 Å². The lowest BCUT2D eigenvalue weighted by Crippen LogP contribution is -1.88. The summed E-state index contributed by atoms with van der Waals surface area (Å²) in [5.41, 5.74) is 3.28. The number of carbonyl (C=O) groups is 1. The molecule has 1 heterocycles. The number of benzene rings is 1. The average Bonchev–Trinajstić information content (AvgIpc) is 2.77. The normalized spacial score (nSPS) is 12.4. The van der Waals surface area contributed by atoms with E-state index in [-0.39, 0.29) is 0 Å². The van der Waals surface area contributed by atoms with E-state index in [1.165, 1.54) is 15.6 Å². The summed E-state index contributed by atoms with van der Waals surface area (Å²) >= 11 is 1.77. The van der Waals surface area contributed by atoms with Crippen LogP contribution in [0.15, 0.2) is 29.2 Å². The zero-order valence-electron chi connectivity index (χ0n) is 10.4. The van der Waals surface area contributed by atoms with Gasteiger partial charge in [-0.3, -0.25) is 4.79 Å². The van der Waals surface area contributed by atoms with E-state index in [4.69, 9.17) is 0 Å². The third-order valence-electron chi connectivity index (χ3n) is 2.87. The van der Waals surface area contributed by atoms with Gasteiger partial charge in [0.2, 0.25) is 0 Å². The molecule has 2 rings (SSSR count). The number of hydrogen-bond donors (Lipinski definition) is 0. The Hall–Kier alpha value is -1.41. The van der Waals surface area contributed by atoms with Crippen molar-refractivity contribution in [2.24, 2.45) is 0 Å². The molecule has 0 atom stereocenters. The fraction of sp³-hybridized carbons (Fsp3) is 0.267. The van der Waals surface area contributed by atoms with Gasteiger partial charge in [-0.1, -0.05) is 26.0 Å². The van der Waals surface area contributed by atoms with Crippen molar-refractivity contribution in [2.45, 2.75) is 26.7 Å². The quantitative estimate of drug-likeness (QED) is 0.568. The van der Waals surface area contributed by atoms with Gasteiger partial charge in [0.1, 0.15) is 6.29 Å². The molecule has 0 aliphatic carbocycles. The number of thiophene rings is 1. The number of aldehydes is 1. The molecule has 0 fully saturated rings.